The first-order valence-corrected chi connectivity index (χ1v) is 13.7. The number of carbonyl (C=O) groups is 2. The minimum absolute atomic E-state index is 0.0668. The van der Waals surface area contributed by atoms with Gasteiger partial charge in [0, 0.05) is 49.9 Å². The number of benzene rings is 2. The smallest absolute Gasteiger partial charge is 0.410 e. The molecule has 3 aromatic rings. The highest BCUT2D eigenvalue weighted by molar-refractivity contribution is 5.94. The quantitative estimate of drug-likeness (QED) is 0.414. The monoisotopic (exact) mass is 568 g/mol. The molecule has 2 amide bonds. The van der Waals surface area contributed by atoms with Crippen molar-refractivity contribution in [2.45, 2.75) is 45.6 Å². The van der Waals surface area contributed by atoms with E-state index in [1.165, 1.54) is 12.1 Å². The van der Waals surface area contributed by atoms with Crippen LogP contribution in [-0.2, 0) is 11.2 Å². The van der Waals surface area contributed by atoms with Crippen LogP contribution in [-0.4, -0.2) is 65.5 Å². The van der Waals surface area contributed by atoms with E-state index >= 15 is 0 Å². The van der Waals surface area contributed by atoms with Gasteiger partial charge >= 0.3 is 6.09 Å². The lowest BCUT2D eigenvalue weighted by molar-refractivity contribution is 0.0139. The van der Waals surface area contributed by atoms with Gasteiger partial charge in [0.25, 0.3) is 5.91 Å². The number of ether oxygens (including phenoxy) is 4. The fourth-order valence-electron chi connectivity index (χ4n) is 4.35. The van der Waals surface area contributed by atoms with Crippen LogP contribution < -0.4 is 19.5 Å². The molecule has 5 rings (SSSR count). The van der Waals surface area contributed by atoms with E-state index in [4.69, 9.17) is 18.9 Å². The van der Waals surface area contributed by atoms with Crippen LogP contribution >= 0.6 is 0 Å². The second kappa shape index (κ2) is 13.9. The minimum Gasteiger partial charge on any atom is -0.493 e. The van der Waals surface area contributed by atoms with Crippen LogP contribution in [0.3, 0.4) is 0 Å². The molecule has 1 fully saturated rings. The Labute approximate surface area is 239 Å². The molecule has 220 valence electrons. The van der Waals surface area contributed by atoms with Crippen molar-refractivity contribution in [1.82, 2.24) is 20.2 Å². The largest absolute Gasteiger partial charge is 0.493 e. The Kier molecular flexibility index (Phi) is 10.0. The summed E-state index contributed by atoms with van der Waals surface area (Å²) in [6.45, 7) is 8.33. The molecule has 10 nitrogen and oxygen atoms in total. The van der Waals surface area contributed by atoms with Crippen molar-refractivity contribution in [3.8, 4) is 17.2 Å². The number of nitrogens with zero attached hydrogens (tertiary/aromatic N) is 2. The van der Waals surface area contributed by atoms with Gasteiger partial charge in [-0.3, -0.25) is 4.79 Å². The Morgan fingerprint density at radius 1 is 1.17 bits per heavy atom. The lowest BCUT2D eigenvalue weighted by Crippen LogP contribution is -2.44. The Balaban J connectivity index is 0.000000201. The summed E-state index contributed by atoms with van der Waals surface area (Å²) in [6.07, 6.45) is 5.68. The summed E-state index contributed by atoms with van der Waals surface area (Å²) in [6, 6.07) is 11.5. The summed E-state index contributed by atoms with van der Waals surface area (Å²) >= 11 is 0. The summed E-state index contributed by atoms with van der Waals surface area (Å²) in [7, 11) is 0. The third kappa shape index (κ3) is 9.12. The molecule has 3 heterocycles. The second-order valence-electron chi connectivity index (χ2n) is 10.8. The van der Waals surface area contributed by atoms with E-state index in [2.05, 4.69) is 15.3 Å². The van der Waals surface area contributed by atoms with Gasteiger partial charge in [-0.25, -0.2) is 14.2 Å². The molecule has 2 aliphatic heterocycles. The number of nitrogens with one attached hydrogen (secondary N) is 2. The van der Waals surface area contributed by atoms with Gasteiger partial charge in [-0.1, -0.05) is 12.1 Å². The Morgan fingerprint density at radius 2 is 1.98 bits per heavy atom. The first kappa shape index (κ1) is 29.7. The second-order valence-corrected chi connectivity index (χ2v) is 10.8. The van der Waals surface area contributed by atoms with Crippen molar-refractivity contribution >= 4 is 12.0 Å². The van der Waals surface area contributed by atoms with Crippen LogP contribution in [0.5, 0.6) is 17.2 Å². The van der Waals surface area contributed by atoms with Gasteiger partial charge in [-0.2, -0.15) is 0 Å². The molecular formula is C30H37FN4O6. The highest BCUT2D eigenvalue weighted by Gasteiger charge is 2.28. The average Bonchev–Trinajstić information content (AvgIpc) is 3.64. The lowest BCUT2D eigenvalue weighted by atomic mass is 9.99. The highest BCUT2D eigenvalue weighted by atomic mass is 19.1. The van der Waals surface area contributed by atoms with Gasteiger partial charge < -0.3 is 34.1 Å². The summed E-state index contributed by atoms with van der Waals surface area (Å²) < 4.78 is 35.2. The summed E-state index contributed by atoms with van der Waals surface area (Å²) in [5.74, 6) is 1.61. The highest BCUT2D eigenvalue weighted by Crippen LogP contribution is 2.35. The van der Waals surface area contributed by atoms with Gasteiger partial charge in [0.15, 0.2) is 11.5 Å². The molecule has 2 aliphatic rings. The van der Waals surface area contributed by atoms with Gasteiger partial charge in [0.2, 0.25) is 6.79 Å². The molecule has 2 N–H and O–H groups in total. The number of hydrogen-bond donors (Lipinski definition) is 2. The SMILES string of the molecule is CC(C)(C)OC(=O)N1CCCC(COc2ccc3c(c2)OCO3)C1.O=C(NCCc1cnc[nH]1)c1ccccc1F. The third-order valence-electron chi connectivity index (χ3n) is 6.35. The maximum absolute atomic E-state index is 13.3. The Bertz CT molecular complexity index is 1290. The van der Waals surface area contributed by atoms with Gasteiger partial charge in [0.05, 0.1) is 18.5 Å². The number of aromatic nitrogens is 2. The van der Waals surface area contributed by atoms with E-state index in [9.17, 15) is 14.0 Å². The molecule has 0 radical (unpaired) electrons. The third-order valence-corrected chi connectivity index (χ3v) is 6.35. The number of fused-ring (bicyclic) bond motifs is 1. The zero-order chi connectivity index (χ0) is 29.2. The maximum atomic E-state index is 13.3. The van der Waals surface area contributed by atoms with E-state index < -0.39 is 17.3 Å². The topological polar surface area (TPSA) is 115 Å². The van der Waals surface area contributed by atoms with E-state index in [-0.39, 0.29) is 18.4 Å². The summed E-state index contributed by atoms with van der Waals surface area (Å²) in [5.41, 5.74) is 0.531. The molecule has 0 saturated carbocycles. The standard InChI is InChI=1S/C18H25NO5.C12H12FN3O/c1-18(2,3)24-17(20)19-8-4-5-13(10-19)11-21-14-6-7-15-16(9-14)23-12-22-15;13-11-4-2-1-3-10(11)12(17)15-6-5-9-7-14-8-16-9/h6-7,9,13H,4-5,8,10-12H2,1-3H3;1-4,7-8H,5-6H2,(H,14,16)(H,15,17). The average molecular weight is 569 g/mol. The normalized spacial score (nSPS) is 15.9. The summed E-state index contributed by atoms with van der Waals surface area (Å²) in [4.78, 5) is 32.4. The van der Waals surface area contributed by atoms with Crippen molar-refractivity contribution in [3.05, 3.63) is 72.1 Å². The lowest BCUT2D eigenvalue weighted by Gasteiger charge is -2.34. The van der Waals surface area contributed by atoms with E-state index in [1.54, 1.807) is 29.6 Å². The van der Waals surface area contributed by atoms with Crippen LogP contribution in [0.4, 0.5) is 9.18 Å². The Hall–Kier alpha value is -4.28. The van der Waals surface area contributed by atoms with Crippen molar-refractivity contribution in [1.29, 1.82) is 0 Å². The van der Waals surface area contributed by atoms with E-state index in [0.29, 0.717) is 37.8 Å². The van der Waals surface area contributed by atoms with Crippen molar-refractivity contribution < 1.29 is 32.9 Å². The van der Waals surface area contributed by atoms with Crippen LogP contribution in [0.2, 0.25) is 0 Å². The number of amides is 2. The van der Waals surface area contributed by atoms with Crippen molar-refractivity contribution in [2.24, 2.45) is 5.92 Å². The van der Waals surface area contributed by atoms with Crippen LogP contribution in [0.15, 0.2) is 55.0 Å². The number of H-pyrrole nitrogens is 1. The zero-order valence-electron chi connectivity index (χ0n) is 23.7. The predicted molar refractivity (Wildman–Crippen MR) is 150 cm³/mol. The van der Waals surface area contributed by atoms with Gasteiger partial charge in [0.1, 0.15) is 17.2 Å². The molecule has 1 atom stereocenters. The number of rotatable bonds is 7. The van der Waals surface area contributed by atoms with Crippen molar-refractivity contribution in [2.75, 3.05) is 33.0 Å². The van der Waals surface area contributed by atoms with E-state index in [1.807, 2.05) is 39.0 Å². The number of halogens is 1. The molecule has 2 aromatic carbocycles. The van der Waals surface area contributed by atoms with Crippen LogP contribution in [0, 0.1) is 11.7 Å². The van der Waals surface area contributed by atoms with E-state index in [0.717, 1.165) is 36.6 Å². The van der Waals surface area contributed by atoms with Crippen molar-refractivity contribution in [3.63, 3.8) is 0 Å². The van der Waals surface area contributed by atoms with Crippen LogP contribution in [0.1, 0.15) is 49.7 Å². The minimum atomic E-state index is -0.508. The first-order valence-electron chi connectivity index (χ1n) is 13.7. The maximum Gasteiger partial charge on any atom is 0.410 e. The molecule has 0 bridgehead atoms. The molecule has 1 saturated heterocycles. The number of piperidine rings is 1. The number of hydrogen-bond acceptors (Lipinski definition) is 7. The molecule has 0 spiro atoms. The predicted octanol–water partition coefficient (Wildman–Crippen LogP) is 4.96. The number of imidazole rings is 1. The number of likely N-dealkylation sites (tertiary alicyclic amines) is 1. The first-order chi connectivity index (χ1) is 19.7. The number of carbonyl (C=O) groups excluding carboxylic acids is 2. The molecule has 41 heavy (non-hydrogen) atoms. The fraction of sp³-hybridized carbons (Fsp3) is 0.433. The fourth-order valence-corrected chi connectivity index (χ4v) is 4.35. The van der Waals surface area contributed by atoms with Gasteiger partial charge in [-0.15, -0.1) is 0 Å². The molecular weight excluding hydrogens is 531 g/mol. The molecule has 1 unspecified atom stereocenters. The Morgan fingerprint density at radius 3 is 2.73 bits per heavy atom. The molecule has 0 aliphatic carbocycles. The zero-order valence-corrected chi connectivity index (χ0v) is 23.7. The number of aromatic amines is 1. The molecule has 11 heteroatoms. The summed E-state index contributed by atoms with van der Waals surface area (Å²) in [5, 5.41) is 2.65. The van der Waals surface area contributed by atoms with Crippen LogP contribution in [0.25, 0.3) is 0 Å². The molecule has 1 aromatic heterocycles. The van der Waals surface area contributed by atoms with Gasteiger partial charge in [-0.05, 0) is 57.9 Å².